The Labute approximate surface area is 127 Å². The van der Waals surface area contributed by atoms with Gasteiger partial charge in [0, 0.05) is 31.0 Å². The van der Waals surface area contributed by atoms with E-state index in [9.17, 15) is 4.79 Å². The van der Waals surface area contributed by atoms with E-state index < -0.39 is 0 Å². The molecule has 0 aliphatic carbocycles. The normalized spacial score (nSPS) is 16.6. The lowest BCUT2D eigenvalue weighted by atomic mass is 10.2. The van der Waals surface area contributed by atoms with E-state index in [2.05, 4.69) is 43.0 Å². The number of methoxy groups -OCH3 is 1. The zero-order valence-corrected chi connectivity index (χ0v) is 13.1. The molecule has 1 N–H and O–H groups in total. The second-order valence-electron chi connectivity index (χ2n) is 4.52. The van der Waals surface area contributed by atoms with Crippen molar-refractivity contribution in [2.24, 2.45) is 0 Å². The van der Waals surface area contributed by atoms with E-state index in [1.165, 1.54) is 12.8 Å². The summed E-state index contributed by atoms with van der Waals surface area (Å²) in [5, 5.41) is 3.20. The fourth-order valence-corrected chi connectivity index (χ4v) is 2.38. The van der Waals surface area contributed by atoms with E-state index in [0.717, 1.165) is 32.0 Å². The molecule has 1 fully saturated rings. The van der Waals surface area contributed by atoms with Gasteiger partial charge in [0.25, 0.3) is 0 Å². The Morgan fingerprint density at radius 1 is 1.40 bits per heavy atom. The third-order valence-corrected chi connectivity index (χ3v) is 3.88. The minimum Gasteiger partial charge on any atom is -0.468 e. The molecule has 1 aromatic carbocycles. The van der Waals surface area contributed by atoms with Gasteiger partial charge in [-0.3, -0.25) is 4.79 Å². The van der Waals surface area contributed by atoms with Gasteiger partial charge < -0.3 is 19.7 Å². The van der Waals surface area contributed by atoms with Crippen molar-refractivity contribution in [2.45, 2.75) is 4.83 Å². The fraction of sp³-hybridized carbons (Fsp3) is 0.500. The molecular formula is C14H19BrN2O3. The largest absolute Gasteiger partial charge is 0.468 e. The van der Waals surface area contributed by atoms with Crippen LogP contribution in [0.3, 0.4) is 0 Å². The number of hydrogen-bond donors (Lipinski definition) is 1. The number of hydrogen-bond acceptors (Lipinski definition) is 5. The number of anilines is 2. The highest BCUT2D eigenvalue weighted by atomic mass is 79.9. The van der Waals surface area contributed by atoms with Gasteiger partial charge in [-0.1, -0.05) is 15.9 Å². The topological polar surface area (TPSA) is 50.8 Å². The first-order chi connectivity index (χ1) is 9.70. The van der Waals surface area contributed by atoms with Gasteiger partial charge in [-0.05, 0) is 24.3 Å². The molecule has 110 valence electrons. The van der Waals surface area contributed by atoms with Crippen LogP contribution in [-0.2, 0) is 14.3 Å². The van der Waals surface area contributed by atoms with Gasteiger partial charge in [-0.25, -0.2) is 0 Å². The van der Waals surface area contributed by atoms with Gasteiger partial charge in [0.2, 0.25) is 0 Å². The molecule has 1 aromatic rings. The molecule has 1 unspecified atom stereocenters. The molecule has 1 atom stereocenters. The second kappa shape index (κ2) is 7.50. The van der Waals surface area contributed by atoms with Gasteiger partial charge in [0.1, 0.15) is 4.83 Å². The van der Waals surface area contributed by atoms with Crippen LogP contribution in [0.4, 0.5) is 11.4 Å². The Morgan fingerprint density at radius 3 is 2.65 bits per heavy atom. The van der Waals surface area contributed by atoms with Crippen molar-refractivity contribution in [3.63, 3.8) is 0 Å². The monoisotopic (exact) mass is 342 g/mol. The van der Waals surface area contributed by atoms with Gasteiger partial charge in [0.05, 0.1) is 20.3 Å². The zero-order chi connectivity index (χ0) is 14.4. The SMILES string of the molecule is COC(=O)C(Br)CNc1ccc(N2CCOCC2)cc1. The van der Waals surface area contributed by atoms with E-state index in [-0.39, 0.29) is 10.8 Å². The predicted octanol–water partition coefficient (Wildman–Crippen LogP) is 1.87. The van der Waals surface area contributed by atoms with Crippen molar-refractivity contribution in [3.05, 3.63) is 24.3 Å². The number of rotatable bonds is 5. The number of benzene rings is 1. The standard InChI is InChI=1S/C14H19BrN2O3/c1-19-14(18)13(15)10-16-11-2-4-12(5-3-11)17-6-8-20-9-7-17/h2-5,13,16H,6-10H2,1H3. The molecule has 0 spiro atoms. The number of ether oxygens (including phenoxy) is 2. The van der Waals surface area contributed by atoms with Crippen molar-refractivity contribution in [2.75, 3.05) is 50.2 Å². The molecule has 0 radical (unpaired) electrons. The molecule has 1 heterocycles. The van der Waals surface area contributed by atoms with Crippen molar-refractivity contribution in [1.82, 2.24) is 0 Å². The second-order valence-corrected chi connectivity index (χ2v) is 5.62. The summed E-state index contributed by atoms with van der Waals surface area (Å²) in [5.41, 5.74) is 2.18. The summed E-state index contributed by atoms with van der Waals surface area (Å²) >= 11 is 3.28. The minimum absolute atomic E-state index is 0.276. The van der Waals surface area contributed by atoms with Crippen molar-refractivity contribution < 1.29 is 14.3 Å². The van der Waals surface area contributed by atoms with Crippen LogP contribution in [0, 0.1) is 0 Å². The first-order valence-electron chi connectivity index (χ1n) is 6.59. The third kappa shape index (κ3) is 4.11. The number of morpholine rings is 1. The van der Waals surface area contributed by atoms with Crippen molar-refractivity contribution >= 4 is 33.3 Å². The Balaban J connectivity index is 1.86. The Bertz CT molecular complexity index is 433. The number of esters is 1. The smallest absolute Gasteiger partial charge is 0.321 e. The first kappa shape index (κ1) is 15.1. The average molecular weight is 343 g/mol. The van der Waals surface area contributed by atoms with Crippen molar-refractivity contribution in [1.29, 1.82) is 0 Å². The molecular weight excluding hydrogens is 324 g/mol. The zero-order valence-electron chi connectivity index (χ0n) is 11.5. The lowest BCUT2D eigenvalue weighted by Crippen LogP contribution is -2.36. The number of alkyl halides is 1. The van der Waals surface area contributed by atoms with Crippen LogP contribution in [0.2, 0.25) is 0 Å². The van der Waals surface area contributed by atoms with Gasteiger partial charge >= 0.3 is 5.97 Å². The molecule has 20 heavy (non-hydrogen) atoms. The summed E-state index contributed by atoms with van der Waals surface area (Å²) < 4.78 is 9.99. The fourth-order valence-electron chi connectivity index (χ4n) is 2.03. The highest BCUT2D eigenvalue weighted by Gasteiger charge is 2.15. The van der Waals surface area contributed by atoms with Gasteiger partial charge in [-0.15, -0.1) is 0 Å². The highest BCUT2D eigenvalue weighted by Crippen LogP contribution is 2.19. The number of carbonyl (C=O) groups excluding carboxylic acids is 1. The number of nitrogens with one attached hydrogen (secondary N) is 1. The van der Waals surface area contributed by atoms with Crippen LogP contribution in [0.5, 0.6) is 0 Å². The van der Waals surface area contributed by atoms with Gasteiger partial charge in [0.15, 0.2) is 0 Å². The molecule has 0 amide bonds. The van der Waals surface area contributed by atoms with Crippen molar-refractivity contribution in [3.8, 4) is 0 Å². The van der Waals surface area contributed by atoms with E-state index in [4.69, 9.17) is 4.74 Å². The Hall–Kier alpha value is -1.27. The number of halogens is 1. The molecule has 5 nitrogen and oxygen atoms in total. The van der Waals surface area contributed by atoms with Gasteiger partial charge in [-0.2, -0.15) is 0 Å². The molecule has 0 saturated carbocycles. The summed E-state index contributed by atoms with van der Waals surface area (Å²) in [4.78, 5) is 13.2. The molecule has 1 saturated heterocycles. The van der Waals surface area contributed by atoms with E-state index >= 15 is 0 Å². The lowest BCUT2D eigenvalue weighted by molar-refractivity contribution is -0.139. The quantitative estimate of drug-likeness (QED) is 0.654. The molecule has 6 heteroatoms. The van der Waals surface area contributed by atoms with E-state index in [0.29, 0.717) is 6.54 Å². The summed E-state index contributed by atoms with van der Waals surface area (Å²) in [7, 11) is 1.38. The van der Waals surface area contributed by atoms with Crippen LogP contribution in [-0.4, -0.2) is 50.8 Å². The maximum atomic E-state index is 11.3. The molecule has 0 aromatic heterocycles. The Morgan fingerprint density at radius 2 is 2.05 bits per heavy atom. The van der Waals surface area contributed by atoms with Crippen LogP contribution < -0.4 is 10.2 Å². The average Bonchev–Trinajstić information content (AvgIpc) is 2.53. The summed E-state index contributed by atoms with van der Waals surface area (Å²) in [5.74, 6) is -0.276. The third-order valence-electron chi connectivity index (χ3n) is 3.19. The predicted molar refractivity (Wildman–Crippen MR) is 82.7 cm³/mol. The van der Waals surface area contributed by atoms with E-state index in [1.807, 2.05) is 12.1 Å². The lowest BCUT2D eigenvalue weighted by Gasteiger charge is -2.29. The molecule has 1 aliphatic rings. The van der Waals surface area contributed by atoms with Crippen LogP contribution in [0.1, 0.15) is 0 Å². The minimum atomic E-state index is -0.341. The van der Waals surface area contributed by atoms with Crippen LogP contribution >= 0.6 is 15.9 Å². The summed E-state index contributed by atoms with van der Waals surface area (Å²) in [6.45, 7) is 3.91. The number of carbonyl (C=O) groups is 1. The molecule has 0 bridgehead atoms. The van der Waals surface area contributed by atoms with Crippen LogP contribution in [0.15, 0.2) is 24.3 Å². The number of nitrogens with zero attached hydrogens (tertiary/aromatic N) is 1. The van der Waals surface area contributed by atoms with E-state index in [1.54, 1.807) is 0 Å². The maximum Gasteiger partial charge on any atom is 0.321 e. The highest BCUT2D eigenvalue weighted by molar-refractivity contribution is 9.10. The maximum absolute atomic E-state index is 11.3. The first-order valence-corrected chi connectivity index (χ1v) is 7.51. The molecule has 1 aliphatic heterocycles. The molecule has 2 rings (SSSR count). The summed E-state index contributed by atoms with van der Waals surface area (Å²) in [6.07, 6.45) is 0. The Kier molecular flexibility index (Phi) is 5.67. The summed E-state index contributed by atoms with van der Waals surface area (Å²) in [6, 6.07) is 8.19. The van der Waals surface area contributed by atoms with Crippen LogP contribution in [0.25, 0.3) is 0 Å².